The van der Waals surface area contributed by atoms with Gasteiger partial charge in [0.2, 0.25) is 5.91 Å². The highest BCUT2D eigenvalue weighted by molar-refractivity contribution is 5.90. The van der Waals surface area contributed by atoms with Crippen LogP contribution in [-0.4, -0.2) is 37.1 Å². The van der Waals surface area contributed by atoms with Crippen LogP contribution in [0, 0.1) is 0 Å². The molecule has 0 heterocycles. The lowest BCUT2D eigenvalue weighted by Gasteiger charge is -2.20. The van der Waals surface area contributed by atoms with Gasteiger partial charge in [-0.2, -0.15) is 0 Å². The zero-order valence-electron chi connectivity index (χ0n) is 14.1. The molecule has 0 spiro atoms. The fraction of sp³-hybridized carbons (Fsp3) is 0.471. The Morgan fingerprint density at radius 1 is 1.13 bits per heavy atom. The van der Waals surface area contributed by atoms with Crippen molar-refractivity contribution in [3.8, 4) is 0 Å². The molecule has 6 heteroatoms. The summed E-state index contributed by atoms with van der Waals surface area (Å²) in [5.41, 5.74) is 0.472. The maximum absolute atomic E-state index is 12.0. The molecule has 0 aliphatic carbocycles. The lowest BCUT2D eigenvalue weighted by Crippen LogP contribution is -2.30. The number of methoxy groups -OCH3 is 1. The van der Waals surface area contributed by atoms with Gasteiger partial charge in [0.05, 0.1) is 18.6 Å². The van der Waals surface area contributed by atoms with Crippen LogP contribution in [-0.2, 0) is 19.1 Å². The smallest absolute Gasteiger partial charge is 0.338 e. The van der Waals surface area contributed by atoms with Crippen molar-refractivity contribution in [1.82, 2.24) is 5.32 Å². The van der Waals surface area contributed by atoms with E-state index >= 15 is 0 Å². The van der Waals surface area contributed by atoms with Crippen molar-refractivity contribution in [2.24, 2.45) is 0 Å². The molecule has 1 rings (SSSR count). The third-order valence-corrected chi connectivity index (χ3v) is 2.99. The Balaban J connectivity index is 2.92. The summed E-state index contributed by atoms with van der Waals surface area (Å²) in [6.07, 6.45) is 0. The number of esters is 2. The first-order valence-corrected chi connectivity index (χ1v) is 7.29. The van der Waals surface area contributed by atoms with Crippen LogP contribution in [0.25, 0.3) is 0 Å². The molecule has 1 aromatic rings. The maximum atomic E-state index is 12.0. The second-order valence-electron chi connectivity index (χ2n) is 6.14. The Kier molecular flexibility index (Phi) is 6.30. The molecular formula is C17H23NO5. The summed E-state index contributed by atoms with van der Waals surface area (Å²) >= 11 is 0. The molecule has 0 aliphatic heterocycles. The molecule has 1 unspecified atom stereocenters. The maximum Gasteiger partial charge on any atom is 0.338 e. The van der Waals surface area contributed by atoms with E-state index in [0.717, 1.165) is 0 Å². The minimum atomic E-state index is -0.628. The highest BCUT2D eigenvalue weighted by atomic mass is 16.6. The molecule has 126 valence electrons. The Bertz CT molecular complexity index is 572. The van der Waals surface area contributed by atoms with Crippen molar-refractivity contribution >= 4 is 17.8 Å². The van der Waals surface area contributed by atoms with E-state index in [4.69, 9.17) is 9.47 Å². The number of benzene rings is 1. The molecule has 0 saturated carbocycles. The Hall–Kier alpha value is -2.37. The molecule has 1 atom stereocenters. The van der Waals surface area contributed by atoms with Gasteiger partial charge in [0.1, 0.15) is 5.60 Å². The van der Waals surface area contributed by atoms with Gasteiger partial charge in [-0.3, -0.25) is 9.59 Å². The predicted molar refractivity (Wildman–Crippen MR) is 85.1 cm³/mol. The minimum Gasteiger partial charge on any atom is -0.468 e. The zero-order valence-corrected chi connectivity index (χ0v) is 14.1. The third kappa shape index (κ3) is 6.10. The monoisotopic (exact) mass is 321 g/mol. The van der Waals surface area contributed by atoms with Gasteiger partial charge in [-0.25, -0.2) is 4.79 Å². The number of rotatable bonds is 5. The fourth-order valence-electron chi connectivity index (χ4n) is 1.91. The lowest BCUT2D eigenvalue weighted by atomic mass is 9.97. The summed E-state index contributed by atoms with van der Waals surface area (Å²) in [4.78, 5) is 34.9. The summed E-state index contributed by atoms with van der Waals surface area (Å²) in [7, 11) is 1.29. The molecule has 0 radical (unpaired) electrons. The summed E-state index contributed by atoms with van der Waals surface area (Å²) in [5.74, 6) is -1.75. The van der Waals surface area contributed by atoms with Gasteiger partial charge in [-0.1, -0.05) is 12.1 Å². The van der Waals surface area contributed by atoms with Crippen LogP contribution in [0.5, 0.6) is 0 Å². The standard InChI is InChI=1S/C17H23NO5/c1-11(19)18-10-14(16(21)22-5)12-6-8-13(9-7-12)15(20)23-17(2,3)4/h6-9,14H,10H2,1-5H3,(H,18,19). The van der Waals surface area contributed by atoms with E-state index < -0.39 is 23.5 Å². The van der Waals surface area contributed by atoms with Gasteiger partial charge in [-0.05, 0) is 38.5 Å². The molecule has 0 aromatic heterocycles. The van der Waals surface area contributed by atoms with Gasteiger partial charge < -0.3 is 14.8 Å². The van der Waals surface area contributed by atoms with Crippen LogP contribution < -0.4 is 5.32 Å². The zero-order chi connectivity index (χ0) is 17.6. The Morgan fingerprint density at radius 3 is 2.13 bits per heavy atom. The summed E-state index contributed by atoms with van der Waals surface area (Å²) in [6.45, 7) is 6.88. The van der Waals surface area contributed by atoms with Crippen molar-refractivity contribution in [2.75, 3.05) is 13.7 Å². The van der Waals surface area contributed by atoms with E-state index in [-0.39, 0.29) is 12.5 Å². The van der Waals surface area contributed by atoms with Crippen LogP contribution in [0.3, 0.4) is 0 Å². The molecule has 23 heavy (non-hydrogen) atoms. The minimum absolute atomic E-state index is 0.133. The van der Waals surface area contributed by atoms with Crippen LogP contribution in [0.15, 0.2) is 24.3 Å². The van der Waals surface area contributed by atoms with Gasteiger partial charge in [0.15, 0.2) is 0 Å². The Morgan fingerprint density at radius 2 is 1.70 bits per heavy atom. The van der Waals surface area contributed by atoms with E-state index in [1.54, 1.807) is 45.0 Å². The van der Waals surface area contributed by atoms with Crippen molar-refractivity contribution in [3.63, 3.8) is 0 Å². The molecule has 0 bridgehead atoms. The first-order chi connectivity index (χ1) is 10.6. The summed E-state index contributed by atoms with van der Waals surface area (Å²) in [6, 6.07) is 6.49. The lowest BCUT2D eigenvalue weighted by molar-refractivity contribution is -0.142. The second-order valence-corrected chi connectivity index (χ2v) is 6.14. The normalized spacial score (nSPS) is 12.2. The van der Waals surface area contributed by atoms with E-state index in [1.807, 2.05) is 0 Å². The van der Waals surface area contributed by atoms with Crippen molar-refractivity contribution in [1.29, 1.82) is 0 Å². The van der Waals surface area contributed by atoms with Crippen molar-refractivity contribution in [2.45, 2.75) is 39.2 Å². The SMILES string of the molecule is COC(=O)C(CNC(C)=O)c1ccc(C(=O)OC(C)(C)C)cc1. The molecule has 1 aromatic carbocycles. The topological polar surface area (TPSA) is 81.7 Å². The van der Waals surface area contributed by atoms with Crippen LogP contribution in [0.1, 0.15) is 49.5 Å². The number of carbonyl (C=O) groups is 3. The molecule has 0 saturated heterocycles. The van der Waals surface area contributed by atoms with E-state index in [0.29, 0.717) is 11.1 Å². The van der Waals surface area contributed by atoms with Crippen LogP contribution >= 0.6 is 0 Å². The highest BCUT2D eigenvalue weighted by Crippen LogP contribution is 2.19. The first kappa shape index (κ1) is 18.7. The van der Waals surface area contributed by atoms with Gasteiger partial charge >= 0.3 is 11.9 Å². The summed E-state index contributed by atoms with van der Waals surface area (Å²) < 4.78 is 10.0. The highest BCUT2D eigenvalue weighted by Gasteiger charge is 2.23. The number of amides is 1. The average Bonchev–Trinajstić information content (AvgIpc) is 2.45. The van der Waals surface area contributed by atoms with E-state index in [2.05, 4.69) is 5.32 Å². The quantitative estimate of drug-likeness (QED) is 0.839. The number of hydrogen-bond acceptors (Lipinski definition) is 5. The van der Waals surface area contributed by atoms with Crippen LogP contribution in [0.2, 0.25) is 0 Å². The van der Waals surface area contributed by atoms with Crippen molar-refractivity contribution in [3.05, 3.63) is 35.4 Å². The summed E-state index contributed by atoms with van der Waals surface area (Å²) in [5, 5.41) is 2.60. The van der Waals surface area contributed by atoms with Crippen LogP contribution in [0.4, 0.5) is 0 Å². The van der Waals surface area contributed by atoms with Gasteiger partial charge in [-0.15, -0.1) is 0 Å². The number of carbonyl (C=O) groups excluding carboxylic acids is 3. The van der Waals surface area contributed by atoms with Gasteiger partial charge in [0.25, 0.3) is 0 Å². The molecule has 1 amide bonds. The molecular weight excluding hydrogens is 298 g/mol. The first-order valence-electron chi connectivity index (χ1n) is 7.29. The molecule has 0 fully saturated rings. The number of ether oxygens (including phenoxy) is 2. The van der Waals surface area contributed by atoms with E-state index in [9.17, 15) is 14.4 Å². The van der Waals surface area contributed by atoms with Crippen molar-refractivity contribution < 1.29 is 23.9 Å². The molecule has 1 N–H and O–H groups in total. The largest absolute Gasteiger partial charge is 0.468 e. The third-order valence-electron chi connectivity index (χ3n) is 2.99. The molecule has 0 aliphatic rings. The second kappa shape index (κ2) is 7.76. The number of nitrogens with one attached hydrogen (secondary N) is 1. The average molecular weight is 321 g/mol. The fourth-order valence-corrected chi connectivity index (χ4v) is 1.91. The van der Waals surface area contributed by atoms with Gasteiger partial charge in [0, 0.05) is 13.5 Å². The number of hydrogen-bond donors (Lipinski definition) is 1. The predicted octanol–water partition coefficient (Wildman–Crippen LogP) is 2.03. The van der Waals surface area contributed by atoms with E-state index in [1.165, 1.54) is 14.0 Å². The Labute approximate surface area is 136 Å². The molecule has 6 nitrogen and oxygen atoms in total.